The van der Waals surface area contributed by atoms with Crippen LogP contribution in [0.15, 0.2) is 18.3 Å². The zero-order valence-corrected chi connectivity index (χ0v) is 10.0. The number of aromatic nitrogens is 2. The lowest BCUT2D eigenvalue weighted by molar-refractivity contribution is 0.0516. The molecule has 0 aromatic carbocycles. The van der Waals surface area contributed by atoms with E-state index >= 15 is 0 Å². The molecule has 2 aromatic heterocycles. The summed E-state index contributed by atoms with van der Waals surface area (Å²) in [6.07, 6.45) is 1.59. The van der Waals surface area contributed by atoms with Crippen molar-refractivity contribution in [1.82, 2.24) is 9.38 Å². The van der Waals surface area contributed by atoms with Gasteiger partial charge in [0.1, 0.15) is 5.56 Å². The van der Waals surface area contributed by atoms with E-state index in [-0.39, 0.29) is 23.5 Å². The van der Waals surface area contributed by atoms with Crippen LogP contribution in [0.25, 0.3) is 5.65 Å². The second-order valence-corrected chi connectivity index (χ2v) is 3.69. The van der Waals surface area contributed by atoms with E-state index in [9.17, 15) is 9.59 Å². The van der Waals surface area contributed by atoms with Gasteiger partial charge in [-0.25, -0.2) is 14.6 Å². The summed E-state index contributed by atoms with van der Waals surface area (Å²) in [6.45, 7) is 3.61. The Balaban J connectivity index is 2.69. The summed E-state index contributed by atoms with van der Waals surface area (Å²) >= 11 is 0. The number of hydrogen-bond donors (Lipinski definition) is 1. The molecular weight excluding hydrogens is 236 g/mol. The average Bonchev–Trinajstić information content (AvgIpc) is 2.64. The monoisotopic (exact) mass is 248 g/mol. The van der Waals surface area contributed by atoms with E-state index < -0.39 is 11.9 Å². The van der Waals surface area contributed by atoms with E-state index in [4.69, 9.17) is 9.84 Å². The number of carbonyl (C=O) groups is 2. The fourth-order valence-corrected chi connectivity index (χ4v) is 1.79. The fourth-order valence-electron chi connectivity index (χ4n) is 1.79. The summed E-state index contributed by atoms with van der Waals surface area (Å²) in [7, 11) is 0. The first-order valence-electron chi connectivity index (χ1n) is 5.44. The highest BCUT2D eigenvalue weighted by Crippen LogP contribution is 2.16. The van der Waals surface area contributed by atoms with E-state index in [0.29, 0.717) is 5.69 Å². The fraction of sp³-hybridized carbons (Fsp3) is 0.250. The maximum atomic E-state index is 11.8. The molecule has 6 heteroatoms. The second-order valence-electron chi connectivity index (χ2n) is 3.69. The minimum Gasteiger partial charge on any atom is -0.478 e. The number of pyridine rings is 1. The smallest absolute Gasteiger partial charge is 0.357 e. The van der Waals surface area contributed by atoms with E-state index in [1.807, 2.05) is 0 Å². The molecule has 1 N–H and O–H groups in total. The minimum absolute atomic E-state index is 0.0520. The number of rotatable bonds is 3. The SMILES string of the molecule is CCOC(=O)c1c(C)nc2c(C(=O)O)cccn12. The highest BCUT2D eigenvalue weighted by Gasteiger charge is 2.20. The van der Waals surface area contributed by atoms with Gasteiger partial charge in [-0.2, -0.15) is 0 Å². The lowest BCUT2D eigenvalue weighted by Crippen LogP contribution is -2.10. The van der Waals surface area contributed by atoms with Crippen molar-refractivity contribution in [2.24, 2.45) is 0 Å². The number of carbonyl (C=O) groups excluding carboxylic acids is 1. The van der Waals surface area contributed by atoms with Crippen LogP contribution in [-0.4, -0.2) is 33.0 Å². The Morgan fingerprint density at radius 3 is 2.83 bits per heavy atom. The molecular formula is C12H12N2O4. The van der Waals surface area contributed by atoms with Crippen molar-refractivity contribution in [2.75, 3.05) is 6.61 Å². The van der Waals surface area contributed by atoms with Gasteiger partial charge >= 0.3 is 11.9 Å². The number of carboxylic acid groups (broad SMARTS) is 1. The first-order chi connectivity index (χ1) is 8.56. The van der Waals surface area contributed by atoms with Crippen molar-refractivity contribution in [3.63, 3.8) is 0 Å². The Morgan fingerprint density at radius 2 is 2.22 bits per heavy atom. The summed E-state index contributed by atoms with van der Waals surface area (Å²) in [4.78, 5) is 27.0. The largest absolute Gasteiger partial charge is 0.478 e. The molecule has 2 heterocycles. The van der Waals surface area contributed by atoms with Crippen LogP contribution in [0.3, 0.4) is 0 Å². The van der Waals surface area contributed by atoms with E-state index in [2.05, 4.69) is 4.98 Å². The molecule has 0 aliphatic heterocycles. The molecule has 0 saturated carbocycles. The zero-order valence-electron chi connectivity index (χ0n) is 10.0. The van der Waals surface area contributed by atoms with Crippen molar-refractivity contribution in [1.29, 1.82) is 0 Å². The summed E-state index contributed by atoms with van der Waals surface area (Å²) in [5.41, 5.74) is 0.999. The number of fused-ring (bicyclic) bond motifs is 1. The normalized spacial score (nSPS) is 10.6. The van der Waals surface area contributed by atoms with Gasteiger partial charge in [-0.1, -0.05) is 0 Å². The third kappa shape index (κ3) is 1.81. The van der Waals surface area contributed by atoms with Crippen molar-refractivity contribution in [3.8, 4) is 0 Å². The number of esters is 1. The van der Waals surface area contributed by atoms with Crippen molar-refractivity contribution in [3.05, 3.63) is 35.3 Å². The van der Waals surface area contributed by atoms with Crippen molar-refractivity contribution >= 4 is 17.6 Å². The Hall–Kier alpha value is -2.37. The molecule has 0 amide bonds. The highest BCUT2D eigenvalue weighted by atomic mass is 16.5. The summed E-state index contributed by atoms with van der Waals surface area (Å²) in [5.74, 6) is -1.59. The van der Waals surface area contributed by atoms with Crippen LogP contribution in [-0.2, 0) is 4.74 Å². The van der Waals surface area contributed by atoms with Gasteiger partial charge < -0.3 is 9.84 Å². The van der Waals surface area contributed by atoms with Gasteiger partial charge in [-0.15, -0.1) is 0 Å². The number of aryl methyl sites for hydroxylation is 1. The van der Waals surface area contributed by atoms with Crippen LogP contribution in [0.5, 0.6) is 0 Å². The quantitative estimate of drug-likeness (QED) is 0.833. The maximum Gasteiger partial charge on any atom is 0.357 e. The molecule has 0 atom stereocenters. The van der Waals surface area contributed by atoms with E-state index in [1.165, 1.54) is 10.5 Å². The average molecular weight is 248 g/mol. The van der Waals surface area contributed by atoms with Crippen LogP contribution in [0, 0.1) is 6.92 Å². The molecule has 0 fully saturated rings. The molecule has 0 bridgehead atoms. The van der Waals surface area contributed by atoms with Gasteiger partial charge in [0.15, 0.2) is 11.3 Å². The third-order valence-electron chi connectivity index (χ3n) is 2.52. The highest BCUT2D eigenvalue weighted by molar-refractivity contribution is 5.96. The lowest BCUT2D eigenvalue weighted by atomic mass is 10.3. The van der Waals surface area contributed by atoms with Gasteiger partial charge in [0.2, 0.25) is 0 Å². The number of carboxylic acids is 1. The standard InChI is InChI=1S/C12H12N2O4/c1-3-18-12(17)9-7(2)13-10-8(11(15)16)5-4-6-14(9)10/h4-6H,3H2,1-2H3,(H,15,16). The minimum atomic E-state index is -1.08. The topological polar surface area (TPSA) is 80.9 Å². The van der Waals surface area contributed by atoms with Gasteiger partial charge in [-0.05, 0) is 26.0 Å². The molecule has 0 unspecified atom stereocenters. The Labute approximate surface area is 103 Å². The van der Waals surface area contributed by atoms with Gasteiger partial charge in [0.25, 0.3) is 0 Å². The van der Waals surface area contributed by atoms with Gasteiger partial charge in [0.05, 0.1) is 12.3 Å². The van der Waals surface area contributed by atoms with Crippen molar-refractivity contribution in [2.45, 2.75) is 13.8 Å². The zero-order chi connectivity index (χ0) is 13.3. The molecule has 0 radical (unpaired) electrons. The first-order valence-corrected chi connectivity index (χ1v) is 5.44. The molecule has 2 rings (SSSR count). The van der Waals surface area contributed by atoms with Crippen LogP contribution < -0.4 is 0 Å². The maximum absolute atomic E-state index is 11.8. The predicted molar refractivity (Wildman–Crippen MR) is 62.8 cm³/mol. The van der Waals surface area contributed by atoms with Crippen LogP contribution in [0.1, 0.15) is 33.5 Å². The molecule has 0 aliphatic carbocycles. The lowest BCUT2D eigenvalue weighted by Gasteiger charge is -2.03. The number of ether oxygens (including phenoxy) is 1. The Kier molecular flexibility index (Phi) is 3.01. The summed E-state index contributed by atoms with van der Waals surface area (Å²) < 4.78 is 6.37. The van der Waals surface area contributed by atoms with Crippen LogP contribution >= 0.6 is 0 Å². The van der Waals surface area contributed by atoms with Gasteiger partial charge in [0, 0.05) is 6.20 Å². The molecule has 6 nitrogen and oxygen atoms in total. The summed E-state index contributed by atoms with van der Waals surface area (Å²) in [6, 6.07) is 3.00. The number of aromatic carboxylic acids is 1. The number of nitrogens with zero attached hydrogens (tertiary/aromatic N) is 2. The van der Waals surface area contributed by atoms with Gasteiger partial charge in [-0.3, -0.25) is 4.40 Å². The van der Waals surface area contributed by atoms with E-state index in [0.717, 1.165) is 0 Å². The Bertz CT molecular complexity index is 630. The summed E-state index contributed by atoms with van der Waals surface area (Å²) in [5, 5.41) is 9.06. The molecule has 2 aromatic rings. The first kappa shape index (κ1) is 12.1. The number of hydrogen-bond acceptors (Lipinski definition) is 4. The van der Waals surface area contributed by atoms with Crippen molar-refractivity contribution < 1.29 is 19.4 Å². The van der Waals surface area contributed by atoms with Crippen LogP contribution in [0.2, 0.25) is 0 Å². The molecule has 0 saturated heterocycles. The molecule has 0 spiro atoms. The van der Waals surface area contributed by atoms with E-state index in [1.54, 1.807) is 26.1 Å². The Morgan fingerprint density at radius 1 is 1.50 bits per heavy atom. The molecule has 0 aliphatic rings. The predicted octanol–water partition coefficient (Wildman–Crippen LogP) is 1.52. The second kappa shape index (κ2) is 4.48. The van der Waals surface area contributed by atoms with Crippen LogP contribution in [0.4, 0.5) is 0 Å². The molecule has 18 heavy (non-hydrogen) atoms. The number of imidazole rings is 1. The third-order valence-corrected chi connectivity index (χ3v) is 2.52. The molecule has 94 valence electrons.